The normalized spacial score (nSPS) is 12.1. The summed E-state index contributed by atoms with van der Waals surface area (Å²) in [7, 11) is 2.38. The van der Waals surface area contributed by atoms with E-state index in [4.69, 9.17) is 0 Å². The zero-order valence-electron chi connectivity index (χ0n) is 17.0. The maximum Gasteiger partial charge on any atom is 0.213 e. The molecule has 0 fully saturated rings. The summed E-state index contributed by atoms with van der Waals surface area (Å²) in [6.07, 6.45) is 4.40. The number of pyridine rings is 1. The third-order valence-electron chi connectivity index (χ3n) is 5.07. The molecule has 3 rings (SSSR count). The van der Waals surface area contributed by atoms with Gasteiger partial charge in [0, 0.05) is 39.4 Å². The van der Waals surface area contributed by atoms with Crippen LogP contribution in [0.2, 0.25) is 0 Å². The Morgan fingerprint density at radius 3 is 2.54 bits per heavy atom. The van der Waals surface area contributed by atoms with E-state index in [1.807, 2.05) is 36.9 Å². The lowest BCUT2D eigenvalue weighted by Gasteiger charge is -2.23. The van der Waals surface area contributed by atoms with Gasteiger partial charge in [-0.25, -0.2) is 22.7 Å². The number of benzene rings is 1. The van der Waals surface area contributed by atoms with Gasteiger partial charge in [0.1, 0.15) is 11.3 Å². The van der Waals surface area contributed by atoms with Crippen molar-refractivity contribution in [3.8, 4) is 0 Å². The molecule has 0 spiro atoms. The Kier molecular flexibility index (Phi) is 5.71. The van der Waals surface area contributed by atoms with Gasteiger partial charge in [0.05, 0.1) is 23.8 Å². The van der Waals surface area contributed by atoms with Crippen LogP contribution in [0, 0.1) is 0 Å². The van der Waals surface area contributed by atoms with E-state index in [2.05, 4.69) is 27.9 Å². The molecule has 0 aliphatic heterocycles. The second kappa shape index (κ2) is 7.89. The highest BCUT2D eigenvalue weighted by molar-refractivity contribution is 7.89. The topological polar surface area (TPSA) is 71.3 Å². The van der Waals surface area contributed by atoms with Crippen molar-refractivity contribution >= 4 is 32.6 Å². The van der Waals surface area contributed by atoms with Gasteiger partial charge in [-0.05, 0) is 30.5 Å². The van der Waals surface area contributed by atoms with Crippen LogP contribution < -0.4 is 4.90 Å². The molecule has 0 bridgehead atoms. The number of fused-ring (bicyclic) bond motifs is 1. The lowest BCUT2D eigenvalue weighted by Crippen LogP contribution is -2.27. The number of aryl methyl sites for hydroxylation is 2. The van der Waals surface area contributed by atoms with Gasteiger partial charge in [0.2, 0.25) is 10.0 Å². The first-order chi connectivity index (χ1) is 13.3. The van der Waals surface area contributed by atoms with Gasteiger partial charge >= 0.3 is 0 Å². The summed E-state index contributed by atoms with van der Waals surface area (Å²) in [6, 6.07) is 8.12. The predicted molar refractivity (Wildman–Crippen MR) is 113 cm³/mol. The minimum Gasteiger partial charge on any atom is -0.334 e. The van der Waals surface area contributed by atoms with Crippen molar-refractivity contribution in [2.24, 2.45) is 7.05 Å². The molecule has 0 aliphatic carbocycles. The average molecular weight is 402 g/mol. The van der Waals surface area contributed by atoms with Crippen LogP contribution in [0.5, 0.6) is 0 Å². The van der Waals surface area contributed by atoms with Crippen molar-refractivity contribution in [2.75, 3.05) is 24.7 Å². The fraction of sp³-hybridized carbons (Fsp3) is 0.400. The molecular weight excluding hydrogens is 374 g/mol. The summed E-state index contributed by atoms with van der Waals surface area (Å²) >= 11 is 0. The number of hydrogen-bond acceptors (Lipinski definition) is 5. The molecule has 2 heterocycles. The summed E-state index contributed by atoms with van der Waals surface area (Å²) in [5, 5.41) is 0. The summed E-state index contributed by atoms with van der Waals surface area (Å²) in [5.41, 5.74) is 5.07. The van der Waals surface area contributed by atoms with E-state index in [1.165, 1.54) is 4.31 Å². The molecule has 0 atom stereocenters. The van der Waals surface area contributed by atoms with E-state index in [1.54, 1.807) is 26.5 Å². The third-order valence-corrected chi connectivity index (χ3v) is 6.88. The molecule has 8 heteroatoms. The molecule has 0 saturated carbocycles. The summed E-state index contributed by atoms with van der Waals surface area (Å²) in [5.74, 6) is 0.942. The first-order valence-electron chi connectivity index (χ1n) is 9.33. The third kappa shape index (κ3) is 3.88. The summed E-state index contributed by atoms with van der Waals surface area (Å²) in [6.45, 7) is 4.13. The van der Waals surface area contributed by atoms with Crippen molar-refractivity contribution in [2.45, 2.75) is 26.8 Å². The molecule has 0 radical (unpaired) electrons. The van der Waals surface area contributed by atoms with Gasteiger partial charge in [0.15, 0.2) is 0 Å². The molecule has 0 amide bonds. The molecule has 2 aromatic heterocycles. The maximum atomic E-state index is 12.0. The lowest BCUT2D eigenvalue weighted by atomic mass is 10.1. The van der Waals surface area contributed by atoms with Crippen LogP contribution in [0.3, 0.4) is 0 Å². The Morgan fingerprint density at radius 1 is 1.11 bits per heavy atom. The van der Waals surface area contributed by atoms with E-state index in [9.17, 15) is 8.42 Å². The highest BCUT2D eigenvalue weighted by atomic mass is 32.2. The number of rotatable bonds is 7. The van der Waals surface area contributed by atoms with Crippen LogP contribution in [0.1, 0.15) is 25.0 Å². The molecule has 1 aromatic carbocycles. The van der Waals surface area contributed by atoms with Crippen LogP contribution in [-0.4, -0.2) is 47.1 Å². The number of hydrogen-bond donors (Lipinski definition) is 0. The van der Waals surface area contributed by atoms with Crippen LogP contribution in [0.25, 0.3) is 11.0 Å². The monoisotopic (exact) mass is 401 g/mol. The van der Waals surface area contributed by atoms with Crippen molar-refractivity contribution in [3.63, 3.8) is 0 Å². The van der Waals surface area contributed by atoms with Crippen molar-refractivity contribution in [3.05, 3.63) is 47.9 Å². The quantitative estimate of drug-likeness (QED) is 0.608. The van der Waals surface area contributed by atoms with Crippen LogP contribution >= 0.6 is 0 Å². The van der Waals surface area contributed by atoms with Crippen molar-refractivity contribution < 1.29 is 8.42 Å². The molecule has 7 nitrogen and oxygen atoms in total. The van der Waals surface area contributed by atoms with E-state index in [0.717, 1.165) is 40.1 Å². The minimum atomic E-state index is -3.20. The number of aromatic nitrogens is 3. The number of imidazole rings is 1. The first kappa shape index (κ1) is 20.3. The van der Waals surface area contributed by atoms with Crippen LogP contribution in [0.4, 0.5) is 11.5 Å². The lowest BCUT2D eigenvalue weighted by molar-refractivity contribution is 0.468. The largest absolute Gasteiger partial charge is 0.334 e. The number of anilines is 2. The summed E-state index contributed by atoms with van der Waals surface area (Å²) < 4.78 is 27.4. The molecule has 150 valence electrons. The summed E-state index contributed by atoms with van der Waals surface area (Å²) in [4.78, 5) is 10.9. The van der Waals surface area contributed by atoms with E-state index >= 15 is 0 Å². The molecule has 28 heavy (non-hydrogen) atoms. The van der Waals surface area contributed by atoms with Gasteiger partial charge < -0.3 is 9.47 Å². The average Bonchev–Trinajstić information content (AvgIpc) is 3.07. The Hall–Kier alpha value is -2.45. The van der Waals surface area contributed by atoms with Crippen molar-refractivity contribution in [1.29, 1.82) is 0 Å². The van der Waals surface area contributed by atoms with E-state index < -0.39 is 10.0 Å². The Bertz CT molecular complexity index is 1090. The fourth-order valence-corrected chi connectivity index (χ4v) is 4.04. The zero-order valence-corrected chi connectivity index (χ0v) is 17.9. The standard InChI is InChI=1S/C20H27N5O2S/c1-6-16-10-15(13-24(4)28(26,27)7-2)8-9-18(16)25(5)20-11-19-17(12-21-20)22-14-23(19)3/h8-12,14H,6-7,13H2,1-5H3. The fourth-order valence-electron chi connectivity index (χ4n) is 3.25. The molecular formula is C20H27N5O2S. The minimum absolute atomic E-state index is 0.104. The highest BCUT2D eigenvalue weighted by Gasteiger charge is 2.17. The molecule has 3 aromatic rings. The second-order valence-electron chi connectivity index (χ2n) is 6.92. The molecule has 0 N–H and O–H groups in total. The maximum absolute atomic E-state index is 12.0. The zero-order chi connectivity index (χ0) is 20.5. The van der Waals surface area contributed by atoms with Gasteiger partial charge in [-0.1, -0.05) is 19.1 Å². The SMILES string of the molecule is CCc1cc(CN(C)S(=O)(=O)CC)ccc1N(C)c1cc2c(cn1)ncn2C. The Morgan fingerprint density at radius 2 is 1.86 bits per heavy atom. The van der Waals surface area contributed by atoms with Gasteiger partial charge in [-0.3, -0.25) is 0 Å². The molecule has 0 unspecified atom stereocenters. The number of sulfonamides is 1. The van der Waals surface area contributed by atoms with Crippen LogP contribution in [-0.2, 0) is 30.0 Å². The van der Waals surface area contributed by atoms with Crippen molar-refractivity contribution in [1.82, 2.24) is 18.8 Å². The van der Waals surface area contributed by atoms with E-state index in [-0.39, 0.29) is 5.75 Å². The smallest absolute Gasteiger partial charge is 0.213 e. The molecule has 0 saturated heterocycles. The highest BCUT2D eigenvalue weighted by Crippen LogP contribution is 2.29. The van der Waals surface area contributed by atoms with Gasteiger partial charge in [-0.2, -0.15) is 0 Å². The Labute approximate surface area is 166 Å². The Balaban J connectivity index is 1.91. The second-order valence-corrected chi connectivity index (χ2v) is 9.28. The van der Waals surface area contributed by atoms with Gasteiger partial charge in [-0.15, -0.1) is 0 Å². The van der Waals surface area contributed by atoms with E-state index in [0.29, 0.717) is 6.54 Å². The first-order valence-corrected chi connectivity index (χ1v) is 10.9. The van der Waals surface area contributed by atoms with Gasteiger partial charge in [0.25, 0.3) is 0 Å². The molecule has 0 aliphatic rings. The number of nitrogens with zero attached hydrogens (tertiary/aromatic N) is 5. The van der Waals surface area contributed by atoms with Crippen LogP contribution in [0.15, 0.2) is 36.8 Å². The predicted octanol–water partition coefficient (Wildman–Crippen LogP) is 3.08.